The second kappa shape index (κ2) is 10.0. The van der Waals surface area contributed by atoms with Gasteiger partial charge in [0.15, 0.2) is 0 Å². The summed E-state index contributed by atoms with van der Waals surface area (Å²) in [5, 5.41) is 0. The minimum atomic E-state index is -0.341. The van der Waals surface area contributed by atoms with Gasteiger partial charge in [0.1, 0.15) is 0 Å². The summed E-state index contributed by atoms with van der Waals surface area (Å²) >= 11 is 0. The zero-order valence-corrected chi connectivity index (χ0v) is 16.3. The van der Waals surface area contributed by atoms with E-state index in [2.05, 4.69) is 27.7 Å². The maximum atomic E-state index is 12.5. The van der Waals surface area contributed by atoms with Crippen LogP contribution in [-0.2, 0) is 19.1 Å². The van der Waals surface area contributed by atoms with E-state index in [9.17, 15) is 9.59 Å². The average Bonchev–Trinajstić information content (AvgIpc) is 2.45. The van der Waals surface area contributed by atoms with Crippen molar-refractivity contribution in [3.8, 4) is 0 Å². The van der Waals surface area contributed by atoms with E-state index >= 15 is 0 Å². The average molecular weight is 341 g/mol. The Morgan fingerprint density at radius 2 is 1.08 bits per heavy atom. The Hall–Kier alpha value is -1.06. The monoisotopic (exact) mass is 340 g/mol. The van der Waals surface area contributed by atoms with Crippen LogP contribution in [0.1, 0.15) is 80.1 Å². The van der Waals surface area contributed by atoms with Gasteiger partial charge in [-0.05, 0) is 51.4 Å². The van der Waals surface area contributed by atoms with E-state index in [1.165, 1.54) is 0 Å². The van der Waals surface area contributed by atoms with Crippen molar-refractivity contribution in [2.45, 2.75) is 92.3 Å². The quantitative estimate of drug-likeness (QED) is 0.598. The van der Waals surface area contributed by atoms with Gasteiger partial charge in [0.2, 0.25) is 0 Å². The molecule has 0 amide bonds. The van der Waals surface area contributed by atoms with E-state index in [0.29, 0.717) is 11.8 Å². The maximum absolute atomic E-state index is 12.5. The van der Waals surface area contributed by atoms with Gasteiger partial charge in [-0.25, -0.2) is 0 Å². The van der Waals surface area contributed by atoms with Crippen molar-refractivity contribution in [3.63, 3.8) is 0 Å². The zero-order chi connectivity index (χ0) is 18.3. The Kier molecular flexibility index (Phi) is 8.79. The molecule has 4 nitrogen and oxygen atoms in total. The highest BCUT2D eigenvalue weighted by Crippen LogP contribution is 2.33. The number of ether oxygens (including phenoxy) is 2. The molecule has 0 N–H and O–H groups in total. The van der Waals surface area contributed by atoms with E-state index < -0.39 is 0 Å². The fraction of sp³-hybridized carbons (Fsp3) is 0.900. The molecule has 1 aliphatic rings. The molecule has 0 saturated heterocycles. The summed E-state index contributed by atoms with van der Waals surface area (Å²) in [6.07, 6.45) is 4.90. The smallest absolute Gasteiger partial charge is 0.310 e. The summed E-state index contributed by atoms with van der Waals surface area (Å²) in [5.74, 6) is -0.157. The van der Waals surface area contributed by atoms with Gasteiger partial charge >= 0.3 is 11.9 Å². The van der Waals surface area contributed by atoms with Crippen LogP contribution in [0.2, 0.25) is 0 Å². The molecule has 0 spiro atoms. The van der Waals surface area contributed by atoms with Gasteiger partial charge in [-0.2, -0.15) is 0 Å². The largest absolute Gasteiger partial charge is 0.462 e. The standard InChI is InChI=1S/C20H36O4/c1-13(2)11-15(5)23-19(21)17-9-7-8-10-18(17)20(22)24-16(6)12-14(3)4/h13-18H,7-12H2,1-6H3. The van der Waals surface area contributed by atoms with Crippen LogP contribution in [0.5, 0.6) is 0 Å². The molecule has 0 radical (unpaired) electrons. The SMILES string of the molecule is CC(C)CC(C)OC(=O)C1CCCCC1C(=O)OC(C)CC(C)C. The second-order valence-corrected chi connectivity index (χ2v) is 8.25. The van der Waals surface area contributed by atoms with Crippen molar-refractivity contribution < 1.29 is 19.1 Å². The number of hydrogen-bond acceptors (Lipinski definition) is 4. The van der Waals surface area contributed by atoms with Crippen LogP contribution in [0.25, 0.3) is 0 Å². The Morgan fingerprint density at radius 3 is 1.38 bits per heavy atom. The van der Waals surface area contributed by atoms with Crippen LogP contribution < -0.4 is 0 Å². The van der Waals surface area contributed by atoms with Crippen LogP contribution in [0.4, 0.5) is 0 Å². The third-order valence-electron chi connectivity index (χ3n) is 4.61. The zero-order valence-electron chi connectivity index (χ0n) is 16.3. The molecule has 4 atom stereocenters. The molecule has 0 aromatic heterocycles. The van der Waals surface area contributed by atoms with Crippen molar-refractivity contribution >= 4 is 11.9 Å². The Balaban J connectivity index is 2.63. The van der Waals surface area contributed by atoms with Gasteiger partial charge in [-0.1, -0.05) is 40.5 Å². The predicted octanol–water partition coefficient (Wildman–Crippen LogP) is 4.75. The van der Waals surface area contributed by atoms with Gasteiger partial charge in [0.25, 0.3) is 0 Å². The summed E-state index contributed by atoms with van der Waals surface area (Å²) in [7, 11) is 0. The van der Waals surface area contributed by atoms with Crippen molar-refractivity contribution in [2.75, 3.05) is 0 Å². The second-order valence-electron chi connectivity index (χ2n) is 8.25. The normalized spacial score (nSPS) is 23.8. The van der Waals surface area contributed by atoms with Crippen molar-refractivity contribution in [3.05, 3.63) is 0 Å². The molecule has 0 aliphatic heterocycles. The molecular formula is C20H36O4. The lowest BCUT2D eigenvalue weighted by molar-refractivity contribution is -0.168. The summed E-state index contributed by atoms with van der Waals surface area (Å²) < 4.78 is 11.2. The van der Waals surface area contributed by atoms with Gasteiger partial charge in [0.05, 0.1) is 24.0 Å². The van der Waals surface area contributed by atoms with Crippen LogP contribution in [0.15, 0.2) is 0 Å². The number of esters is 2. The predicted molar refractivity (Wildman–Crippen MR) is 95.5 cm³/mol. The first-order valence-electron chi connectivity index (χ1n) is 9.61. The molecule has 140 valence electrons. The highest BCUT2D eigenvalue weighted by molar-refractivity contribution is 5.82. The van der Waals surface area contributed by atoms with E-state index in [4.69, 9.17) is 9.47 Å². The highest BCUT2D eigenvalue weighted by atomic mass is 16.6. The number of carbonyl (C=O) groups excluding carboxylic acids is 2. The topological polar surface area (TPSA) is 52.6 Å². The van der Waals surface area contributed by atoms with E-state index in [1.54, 1.807) is 0 Å². The van der Waals surface area contributed by atoms with Crippen LogP contribution in [-0.4, -0.2) is 24.1 Å². The first-order chi connectivity index (χ1) is 11.2. The third kappa shape index (κ3) is 7.23. The van der Waals surface area contributed by atoms with Crippen molar-refractivity contribution in [1.29, 1.82) is 0 Å². The lowest BCUT2D eigenvalue weighted by Crippen LogP contribution is -2.37. The van der Waals surface area contributed by atoms with E-state index in [1.807, 2.05) is 13.8 Å². The minimum Gasteiger partial charge on any atom is -0.462 e. The molecule has 0 aromatic rings. The summed E-state index contributed by atoms with van der Waals surface area (Å²) in [4.78, 5) is 25.1. The molecule has 4 unspecified atom stereocenters. The molecule has 4 heteroatoms. The number of hydrogen-bond donors (Lipinski definition) is 0. The van der Waals surface area contributed by atoms with Gasteiger partial charge in [-0.3, -0.25) is 9.59 Å². The van der Waals surface area contributed by atoms with Crippen LogP contribution in [0, 0.1) is 23.7 Å². The first-order valence-corrected chi connectivity index (χ1v) is 9.61. The summed E-state index contributed by atoms with van der Waals surface area (Å²) in [6, 6.07) is 0. The highest BCUT2D eigenvalue weighted by Gasteiger charge is 2.38. The van der Waals surface area contributed by atoms with E-state index in [0.717, 1.165) is 38.5 Å². The van der Waals surface area contributed by atoms with Crippen molar-refractivity contribution in [1.82, 2.24) is 0 Å². The van der Waals surface area contributed by atoms with Crippen molar-refractivity contribution in [2.24, 2.45) is 23.7 Å². The molecule has 1 saturated carbocycles. The summed E-state index contributed by atoms with van der Waals surface area (Å²) in [6.45, 7) is 12.3. The molecule has 0 bridgehead atoms. The minimum absolute atomic E-state index is 0.101. The fourth-order valence-electron chi connectivity index (χ4n) is 3.69. The van der Waals surface area contributed by atoms with Gasteiger partial charge in [0, 0.05) is 0 Å². The lowest BCUT2D eigenvalue weighted by Gasteiger charge is -2.30. The summed E-state index contributed by atoms with van der Waals surface area (Å²) in [5.41, 5.74) is 0. The Morgan fingerprint density at radius 1 is 0.750 bits per heavy atom. The molecule has 0 aromatic carbocycles. The fourth-order valence-corrected chi connectivity index (χ4v) is 3.69. The molecule has 24 heavy (non-hydrogen) atoms. The third-order valence-corrected chi connectivity index (χ3v) is 4.61. The van der Waals surface area contributed by atoms with Gasteiger partial charge < -0.3 is 9.47 Å². The number of carbonyl (C=O) groups is 2. The lowest BCUT2D eigenvalue weighted by atomic mass is 9.79. The molecule has 1 fully saturated rings. The Bertz CT molecular complexity index is 364. The molecular weight excluding hydrogens is 304 g/mol. The van der Waals surface area contributed by atoms with Crippen LogP contribution in [0.3, 0.4) is 0 Å². The molecule has 1 rings (SSSR count). The molecule has 1 aliphatic carbocycles. The van der Waals surface area contributed by atoms with Gasteiger partial charge in [-0.15, -0.1) is 0 Å². The maximum Gasteiger partial charge on any atom is 0.310 e. The number of rotatable bonds is 8. The first kappa shape index (κ1) is 21.0. The molecule has 0 heterocycles. The Labute approximate surface area is 147 Å². The van der Waals surface area contributed by atoms with Crippen LogP contribution >= 0.6 is 0 Å². The van der Waals surface area contributed by atoms with E-state index in [-0.39, 0.29) is 36.0 Å².